The Bertz CT molecular complexity index is 118. The zero-order valence-corrected chi connectivity index (χ0v) is 11.0. The molecule has 0 saturated carbocycles. The van der Waals surface area contributed by atoms with Crippen molar-refractivity contribution < 1.29 is 36.5 Å². The molecule has 1 heterocycles. The van der Waals surface area contributed by atoms with E-state index in [1.807, 2.05) is 12.1 Å². The van der Waals surface area contributed by atoms with Gasteiger partial charge in [0.1, 0.15) is 0 Å². The summed E-state index contributed by atoms with van der Waals surface area (Å²) in [4.78, 5) is 0. The summed E-state index contributed by atoms with van der Waals surface area (Å²) in [6, 6.07) is 3.85. The molecular formula is C4H2Br2SZn-. The van der Waals surface area contributed by atoms with Crippen molar-refractivity contribution in [1.29, 1.82) is 0 Å². The fraction of sp³-hybridized carbons (Fsp3) is 0. The van der Waals surface area contributed by atoms with Crippen molar-refractivity contribution in [3.63, 3.8) is 0 Å². The minimum Gasteiger partial charge on any atom is -1.00 e. The summed E-state index contributed by atoms with van der Waals surface area (Å²) in [6.07, 6.45) is 0. The third-order valence-electron chi connectivity index (χ3n) is 0.439. The number of rotatable bonds is 0. The summed E-state index contributed by atoms with van der Waals surface area (Å²) in [5.41, 5.74) is 0. The quantitative estimate of drug-likeness (QED) is 0.557. The first kappa shape index (κ1) is 12.0. The van der Waals surface area contributed by atoms with Crippen LogP contribution in [-0.2, 0) is 19.5 Å². The molecule has 1 aromatic rings. The predicted octanol–water partition coefficient (Wildman–Crippen LogP) is -0.688. The van der Waals surface area contributed by atoms with E-state index < -0.39 is 0 Å². The third kappa shape index (κ3) is 4.19. The molecule has 41 valence electrons. The van der Waals surface area contributed by atoms with Crippen LogP contribution >= 0.6 is 27.3 Å². The Kier molecular flexibility index (Phi) is 9.61. The fourth-order valence-electron chi connectivity index (χ4n) is 0.224. The number of hydrogen-bond donors (Lipinski definition) is 0. The maximum absolute atomic E-state index is 3.27. The van der Waals surface area contributed by atoms with Crippen LogP contribution < -0.4 is 17.0 Å². The molecule has 0 aliphatic rings. The Morgan fingerprint density at radius 3 is 2.38 bits per heavy atom. The summed E-state index contributed by atoms with van der Waals surface area (Å²) >= 11 is 4.84. The van der Waals surface area contributed by atoms with E-state index in [1.54, 1.807) is 11.3 Å². The van der Waals surface area contributed by atoms with Crippen LogP contribution in [0.25, 0.3) is 0 Å². The van der Waals surface area contributed by atoms with E-state index in [0.717, 1.165) is 3.79 Å². The molecule has 1 aromatic heterocycles. The maximum Gasteiger partial charge on any atom is 0.0705 e. The van der Waals surface area contributed by atoms with Crippen molar-refractivity contribution in [2.24, 2.45) is 0 Å². The van der Waals surface area contributed by atoms with Crippen molar-refractivity contribution in [2.75, 3.05) is 0 Å². The van der Waals surface area contributed by atoms with Gasteiger partial charge in [0.25, 0.3) is 0 Å². The van der Waals surface area contributed by atoms with E-state index in [9.17, 15) is 0 Å². The van der Waals surface area contributed by atoms with Gasteiger partial charge in [-0.1, -0.05) is 0 Å². The molecule has 0 bridgehead atoms. The Morgan fingerprint density at radius 2 is 2.25 bits per heavy atom. The minimum atomic E-state index is 0. The van der Waals surface area contributed by atoms with Gasteiger partial charge in [0, 0.05) is 24.9 Å². The molecule has 4 heteroatoms. The van der Waals surface area contributed by atoms with Gasteiger partial charge in [-0.3, -0.25) is 0 Å². The summed E-state index contributed by atoms with van der Waals surface area (Å²) in [7, 11) is 0. The third-order valence-corrected chi connectivity index (χ3v) is 1.77. The van der Waals surface area contributed by atoms with Crippen molar-refractivity contribution >= 4 is 27.3 Å². The molecule has 1 rings (SSSR count). The largest absolute Gasteiger partial charge is 1.00 e. The molecule has 0 amide bonds. The Balaban J connectivity index is 0. The topological polar surface area (TPSA) is 0 Å². The van der Waals surface area contributed by atoms with Gasteiger partial charge in [-0.2, -0.15) is 0 Å². The SMILES string of the molecule is Brc1cc[c]s1.[Br-].[Zn]. The average Bonchev–Trinajstić information content (AvgIpc) is 1.86. The van der Waals surface area contributed by atoms with E-state index >= 15 is 0 Å². The monoisotopic (exact) mass is 304 g/mol. The van der Waals surface area contributed by atoms with Gasteiger partial charge in [-0.25, -0.2) is 0 Å². The second kappa shape index (κ2) is 6.40. The van der Waals surface area contributed by atoms with Crippen LogP contribution in [-0.4, -0.2) is 0 Å². The normalized spacial score (nSPS) is 6.62. The molecule has 8 heavy (non-hydrogen) atoms. The van der Waals surface area contributed by atoms with Crippen LogP contribution in [0.2, 0.25) is 0 Å². The van der Waals surface area contributed by atoms with Crippen molar-refractivity contribution in [3.8, 4) is 0 Å². The van der Waals surface area contributed by atoms with Crippen molar-refractivity contribution in [2.45, 2.75) is 0 Å². The molecule has 0 spiro atoms. The number of hydrogen-bond acceptors (Lipinski definition) is 1. The van der Waals surface area contributed by atoms with E-state index in [1.165, 1.54) is 0 Å². The van der Waals surface area contributed by atoms with Gasteiger partial charge in [0.2, 0.25) is 0 Å². The first-order valence-corrected chi connectivity index (χ1v) is 3.12. The summed E-state index contributed by atoms with van der Waals surface area (Å²) in [5.74, 6) is 0. The van der Waals surface area contributed by atoms with Gasteiger partial charge in [0.05, 0.1) is 3.79 Å². The van der Waals surface area contributed by atoms with Crippen LogP contribution in [0.15, 0.2) is 15.9 Å². The molecule has 0 nitrogen and oxygen atoms in total. The first-order valence-electron chi connectivity index (χ1n) is 1.51. The second-order valence-electron chi connectivity index (χ2n) is 0.857. The minimum absolute atomic E-state index is 0. The van der Waals surface area contributed by atoms with Gasteiger partial charge < -0.3 is 17.0 Å². The second-order valence-corrected chi connectivity index (χ2v) is 3.12. The molecule has 0 aromatic carbocycles. The van der Waals surface area contributed by atoms with Gasteiger partial charge >= 0.3 is 0 Å². The fourth-order valence-corrected chi connectivity index (χ4v) is 1.02. The Hall–Kier alpha value is 1.28. The van der Waals surface area contributed by atoms with Crippen LogP contribution in [0, 0.1) is 5.38 Å². The first-order chi connectivity index (χ1) is 2.89. The molecule has 0 atom stereocenters. The van der Waals surface area contributed by atoms with Crippen LogP contribution in [0.3, 0.4) is 0 Å². The van der Waals surface area contributed by atoms with E-state index in [2.05, 4.69) is 21.3 Å². The maximum atomic E-state index is 3.27. The Morgan fingerprint density at radius 1 is 1.62 bits per heavy atom. The van der Waals surface area contributed by atoms with Crippen molar-refractivity contribution in [3.05, 3.63) is 21.3 Å². The molecule has 0 unspecified atom stereocenters. The van der Waals surface area contributed by atoms with Gasteiger partial charge in [-0.15, -0.1) is 11.3 Å². The summed E-state index contributed by atoms with van der Waals surface area (Å²) < 4.78 is 1.14. The summed E-state index contributed by atoms with van der Waals surface area (Å²) in [6.45, 7) is 0. The Labute approximate surface area is 84.3 Å². The van der Waals surface area contributed by atoms with Crippen LogP contribution in [0.4, 0.5) is 0 Å². The standard InChI is InChI=1S/C4H2BrS.BrH.Zn/c5-4-2-1-3-6-4;;/h1-2H;1H;/p-1. The molecule has 0 aliphatic heterocycles. The number of thiophene rings is 1. The summed E-state index contributed by atoms with van der Waals surface area (Å²) in [5, 5.41) is 2.92. The smallest absolute Gasteiger partial charge is 0.0705 e. The van der Waals surface area contributed by atoms with Crippen LogP contribution in [0.1, 0.15) is 0 Å². The number of halogens is 2. The zero-order chi connectivity index (χ0) is 4.41. The molecule has 1 radical (unpaired) electrons. The van der Waals surface area contributed by atoms with Gasteiger partial charge in [-0.05, 0) is 28.1 Å². The van der Waals surface area contributed by atoms with E-state index in [0.29, 0.717) is 0 Å². The van der Waals surface area contributed by atoms with Crippen LogP contribution in [0.5, 0.6) is 0 Å². The molecule has 0 saturated heterocycles. The predicted molar refractivity (Wildman–Crippen MR) is 30.9 cm³/mol. The van der Waals surface area contributed by atoms with E-state index in [4.69, 9.17) is 0 Å². The average molecular weight is 307 g/mol. The van der Waals surface area contributed by atoms with Gasteiger partial charge in [0.15, 0.2) is 0 Å². The zero-order valence-electron chi connectivity index (χ0n) is 4.03. The molecular weight excluding hydrogens is 305 g/mol. The molecule has 0 fully saturated rings. The molecule has 0 aliphatic carbocycles. The van der Waals surface area contributed by atoms with E-state index in [-0.39, 0.29) is 36.5 Å². The van der Waals surface area contributed by atoms with Crippen molar-refractivity contribution in [1.82, 2.24) is 0 Å². The molecule has 0 N–H and O–H groups in total.